The summed E-state index contributed by atoms with van der Waals surface area (Å²) < 4.78 is 5.14. The van der Waals surface area contributed by atoms with Crippen LogP contribution in [0.4, 0.5) is 0 Å². The first kappa shape index (κ1) is 11.9. The molecule has 12 heavy (non-hydrogen) atoms. The van der Waals surface area contributed by atoms with Crippen LogP contribution in [0, 0.1) is 11.3 Å². The molecule has 0 aliphatic heterocycles. The maximum Gasteiger partial charge on any atom is 0.0493 e. The Bertz CT molecular complexity index is 112. The molecule has 2 heteroatoms. The lowest BCUT2D eigenvalue weighted by Crippen LogP contribution is -2.36. The zero-order valence-corrected chi connectivity index (χ0v) is 9.11. The van der Waals surface area contributed by atoms with Crippen molar-refractivity contribution in [3.63, 3.8) is 0 Å². The molecule has 0 saturated carbocycles. The van der Waals surface area contributed by atoms with Crippen LogP contribution < -0.4 is 5.32 Å². The second-order valence-corrected chi connectivity index (χ2v) is 4.13. The Labute approximate surface area is 76.7 Å². The molecule has 0 aromatic heterocycles. The molecule has 0 heterocycles. The van der Waals surface area contributed by atoms with Gasteiger partial charge in [-0.15, -0.1) is 0 Å². The van der Waals surface area contributed by atoms with E-state index < -0.39 is 0 Å². The van der Waals surface area contributed by atoms with Crippen molar-refractivity contribution in [2.75, 3.05) is 26.8 Å². The van der Waals surface area contributed by atoms with Crippen LogP contribution in [-0.2, 0) is 4.74 Å². The van der Waals surface area contributed by atoms with E-state index in [2.05, 4.69) is 33.0 Å². The van der Waals surface area contributed by atoms with Gasteiger partial charge in [0.25, 0.3) is 0 Å². The number of ether oxygens (including phenoxy) is 1. The molecule has 0 amide bonds. The molecule has 0 radical (unpaired) electrons. The largest absolute Gasteiger partial charge is 0.384 e. The molecule has 0 rings (SSSR count). The molecule has 0 spiro atoms. The summed E-state index contributed by atoms with van der Waals surface area (Å²) in [5.74, 6) is 0.599. The van der Waals surface area contributed by atoms with Crippen LogP contribution >= 0.6 is 0 Å². The summed E-state index contributed by atoms with van der Waals surface area (Å²) in [6, 6.07) is 0. The van der Waals surface area contributed by atoms with Crippen molar-refractivity contribution in [2.24, 2.45) is 11.3 Å². The predicted octanol–water partition coefficient (Wildman–Crippen LogP) is 1.90. The van der Waals surface area contributed by atoms with Gasteiger partial charge in [0.2, 0.25) is 0 Å². The van der Waals surface area contributed by atoms with Crippen LogP contribution in [0.2, 0.25) is 0 Å². The first-order valence-corrected chi connectivity index (χ1v) is 4.74. The van der Waals surface area contributed by atoms with Crippen LogP contribution in [0.15, 0.2) is 0 Å². The van der Waals surface area contributed by atoms with Crippen molar-refractivity contribution >= 4 is 0 Å². The van der Waals surface area contributed by atoms with E-state index in [1.807, 2.05) is 0 Å². The zero-order valence-electron chi connectivity index (χ0n) is 9.11. The summed E-state index contributed by atoms with van der Waals surface area (Å²) in [4.78, 5) is 0. The Morgan fingerprint density at radius 3 is 2.42 bits per heavy atom. The highest BCUT2D eigenvalue weighted by atomic mass is 16.5. The fourth-order valence-corrected chi connectivity index (χ4v) is 1.10. The number of hydrogen-bond donors (Lipinski definition) is 1. The van der Waals surface area contributed by atoms with Gasteiger partial charge in [-0.05, 0) is 17.9 Å². The number of hydrogen-bond acceptors (Lipinski definition) is 2. The van der Waals surface area contributed by atoms with E-state index in [0.717, 1.165) is 19.7 Å². The fraction of sp³-hybridized carbons (Fsp3) is 1.00. The Morgan fingerprint density at radius 1 is 1.42 bits per heavy atom. The Hall–Kier alpha value is -0.0800. The topological polar surface area (TPSA) is 21.3 Å². The van der Waals surface area contributed by atoms with Crippen molar-refractivity contribution in [3.05, 3.63) is 0 Å². The minimum absolute atomic E-state index is 0.325. The maximum absolute atomic E-state index is 5.14. The lowest BCUT2D eigenvalue weighted by atomic mass is 9.80. The molecule has 0 fully saturated rings. The molecule has 0 aromatic carbocycles. The molecule has 74 valence electrons. The third kappa shape index (κ3) is 4.07. The van der Waals surface area contributed by atoms with Gasteiger partial charge < -0.3 is 10.1 Å². The van der Waals surface area contributed by atoms with Gasteiger partial charge in [0.15, 0.2) is 0 Å². The van der Waals surface area contributed by atoms with Gasteiger partial charge >= 0.3 is 0 Å². The summed E-state index contributed by atoms with van der Waals surface area (Å²) in [5, 5.41) is 3.37. The summed E-state index contributed by atoms with van der Waals surface area (Å²) >= 11 is 0. The van der Waals surface area contributed by atoms with Gasteiger partial charge in [-0.1, -0.05) is 27.7 Å². The first-order chi connectivity index (χ1) is 5.54. The van der Waals surface area contributed by atoms with Crippen LogP contribution in [0.3, 0.4) is 0 Å². The third-order valence-electron chi connectivity index (χ3n) is 2.58. The van der Waals surface area contributed by atoms with E-state index >= 15 is 0 Å². The summed E-state index contributed by atoms with van der Waals surface area (Å²) in [5.41, 5.74) is 0.325. The number of nitrogens with one attached hydrogen (secondary N) is 1. The zero-order chi connectivity index (χ0) is 9.61. The Balaban J connectivity index is 3.81. The van der Waals surface area contributed by atoms with E-state index in [0.29, 0.717) is 11.3 Å². The van der Waals surface area contributed by atoms with E-state index in [9.17, 15) is 0 Å². The highest BCUT2D eigenvalue weighted by Crippen LogP contribution is 2.25. The third-order valence-corrected chi connectivity index (χ3v) is 2.58. The lowest BCUT2D eigenvalue weighted by molar-refractivity contribution is 0.0912. The molecule has 2 nitrogen and oxygen atoms in total. The monoisotopic (exact) mass is 173 g/mol. The average molecular weight is 173 g/mol. The summed E-state index contributed by atoms with van der Waals surface area (Å²) in [7, 11) is 1.76. The minimum atomic E-state index is 0.325. The van der Waals surface area contributed by atoms with Crippen molar-refractivity contribution < 1.29 is 4.74 Å². The number of methoxy groups -OCH3 is 1. The van der Waals surface area contributed by atoms with Gasteiger partial charge in [0.05, 0.1) is 0 Å². The predicted molar refractivity (Wildman–Crippen MR) is 53.4 cm³/mol. The fourth-order valence-electron chi connectivity index (χ4n) is 1.10. The maximum atomic E-state index is 5.14. The second kappa shape index (κ2) is 5.55. The van der Waals surface area contributed by atoms with Crippen molar-refractivity contribution in [2.45, 2.75) is 27.7 Å². The highest BCUT2D eigenvalue weighted by Gasteiger charge is 2.24. The molecule has 0 saturated heterocycles. The van der Waals surface area contributed by atoms with Crippen molar-refractivity contribution in [1.82, 2.24) is 5.32 Å². The minimum Gasteiger partial charge on any atom is -0.384 e. The van der Waals surface area contributed by atoms with Crippen LogP contribution in [-0.4, -0.2) is 26.8 Å². The van der Waals surface area contributed by atoms with Crippen molar-refractivity contribution in [3.8, 4) is 0 Å². The molecule has 0 aliphatic carbocycles. The smallest absolute Gasteiger partial charge is 0.0493 e. The van der Waals surface area contributed by atoms with Gasteiger partial charge in [0.1, 0.15) is 0 Å². The highest BCUT2D eigenvalue weighted by molar-refractivity contribution is 4.77. The van der Waals surface area contributed by atoms with Crippen LogP contribution in [0.25, 0.3) is 0 Å². The average Bonchev–Trinajstić information content (AvgIpc) is 2.01. The molecule has 1 N–H and O–H groups in total. The van der Waals surface area contributed by atoms with Gasteiger partial charge in [-0.3, -0.25) is 0 Å². The van der Waals surface area contributed by atoms with E-state index in [1.165, 1.54) is 0 Å². The normalized spacial score (nSPS) is 14.8. The summed E-state index contributed by atoms with van der Waals surface area (Å²) in [6.07, 6.45) is 0. The van der Waals surface area contributed by atoms with Crippen LogP contribution in [0.5, 0.6) is 0 Å². The molecule has 0 aromatic rings. The van der Waals surface area contributed by atoms with Gasteiger partial charge in [-0.25, -0.2) is 0 Å². The molecular weight excluding hydrogens is 150 g/mol. The molecule has 0 bridgehead atoms. The summed E-state index contributed by atoms with van der Waals surface area (Å²) in [6.45, 7) is 11.9. The van der Waals surface area contributed by atoms with E-state index in [4.69, 9.17) is 4.74 Å². The molecule has 1 atom stereocenters. The van der Waals surface area contributed by atoms with Crippen molar-refractivity contribution in [1.29, 1.82) is 0 Å². The second-order valence-electron chi connectivity index (χ2n) is 4.13. The van der Waals surface area contributed by atoms with E-state index in [1.54, 1.807) is 7.11 Å². The van der Waals surface area contributed by atoms with Crippen LogP contribution in [0.1, 0.15) is 27.7 Å². The lowest BCUT2D eigenvalue weighted by Gasteiger charge is -2.31. The Kier molecular flexibility index (Phi) is 5.51. The molecular formula is C10H23NO. The Morgan fingerprint density at radius 2 is 2.00 bits per heavy atom. The number of rotatable bonds is 6. The van der Waals surface area contributed by atoms with Gasteiger partial charge in [-0.2, -0.15) is 0 Å². The van der Waals surface area contributed by atoms with Gasteiger partial charge in [0, 0.05) is 20.3 Å². The SMILES string of the molecule is CCNCC(C)(C)C(C)COC. The quantitative estimate of drug-likeness (QED) is 0.662. The molecule has 0 aliphatic rings. The molecule has 1 unspecified atom stereocenters. The van der Waals surface area contributed by atoms with E-state index in [-0.39, 0.29) is 0 Å². The standard InChI is InChI=1S/C10H23NO/c1-6-11-8-10(3,4)9(2)7-12-5/h9,11H,6-8H2,1-5H3. The first-order valence-electron chi connectivity index (χ1n) is 4.74.